The molecule has 0 bridgehead atoms. The number of nitrogens with zero attached hydrogens (tertiary/aromatic N) is 2. The van der Waals surface area contributed by atoms with Gasteiger partial charge in [0.25, 0.3) is 0 Å². The number of sulfonamides is 1. The number of H-pyrrole nitrogens is 1. The maximum absolute atomic E-state index is 12.9. The molecule has 1 fully saturated rings. The Morgan fingerprint density at radius 1 is 1.15 bits per heavy atom. The van der Waals surface area contributed by atoms with E-state index in [1.54, 1.807) is 6.26 Å². The molecule has 0 aliphatic carbocycles. The Labute approximate surface area is 167 Å². The van der Waals surface area contributed by atoms with Crippen molar-refractivity contribution in [2.45, 2.75) is 23.7 Å². The van der Waals surface area contributed by atoms with Gasteiger partial charge in [-0.25, -0.2) is 8.42 Å². The van der Waals surface area contributed by atoms with E-state index in [0.717, 1.165) is 11.4 Å². The van der Waals surface area contributed by atoms with E-state index in [2.05, 4.69) is 10.2 Å². The van der Waals surface area contributed by atoms with Crippen LogP contribution in [0.5, 0.6) is 0 Å². The number of furan rings is 1. The normalized spacial score (nSPS) is 16.7. The number of rotatable bonds is 4. The lowest BCUT2D eigenvalue weighted by Crippen LogP contribution is -2.38. The molecule has 0 spiro atoms. The average Bonchev–Trinajstić information content (AvgIpc) is 3.33. The lowest BCUT2D eigenvalue weighted by atomic mass is 9.94. The molecule has 3 aromatic rings. The van der Waals surface area contributed by atoms with Gasteiger partial charge in [-0.15, -0.1) is 0 Å². The highest BCUT2D eigenvalue weighted by molar-refractivity contribution is 7.89. The van der Waals surface area contributed by atoms with Crippen molar-refractivity contribution in [1.82, 2.24) is 14.5 Å². The Kier molecular flexibility index (Phi) is 5.03. The first-order valence-electron chi connectivity index (χ1n) is 8.49. The van der Waals surface area contributed by atoms with Crippen LogP contribution >= 0.6 is 23.2 Å². The second-order valence-corrected chi connectivity index (χ2v) is 9.19. The van der Waals surface area contributed by atoms with Crippen molar-refractivity contribution in [1.29, 1.82) is 0 Å². The molecule has 1 aromatic carbocycles. The summed E-state index contributed by atoms with van der Waals surface area (Å²) in [4.78, 5) is 0.0914. The number of aromatic amines is 1. The van der Waals surface area contributed by atoms with E-state index in [4.69, 9.17) is 27.6 Å². The third-order valence-corrected chi connectivity index (χ3v) is 7.39. The number of piperidine rings is 1. The monoisotopic (exact) mass is 425 g/mol. The van der Waals surface area contributed by atoms with Crippen LogP contribution in [-0.2, 0) is 10.0 Å². The summed E-state index contributed by atoms with van der Waals surface area (Å²) in [5.74, 6) is 0.920. The molecule has 27 heavy (non-hydrogen) atoms. The number of hydrogen-bond acceptors (Lipinski definition) is 4. The first-order chi connectivity index (χ1) is 12.9. The van der Waals surface area contributed by atoms with Crippen LogP contribution < -0.4 is 0 Å². The van der Waals surface area contributed by atoms with Crippen LogP contribution in [0.1, 0.15) is 24.5 Å². The van der Waals surface area contributed by atoms with Crippen molar-refractivity contribution < 1.29 is 12.8 Å². The number of nitrogens with one attached hydrogen (secondary N) is 1. The maximum atomic E-state index is 12.9. The van der Waals surface area contributed by atoms with Crippen LogP contribution in [0, 0.1) is 0 Å². The van der Waals surface area contributed by atoms with E-state index in [1.807, 2.05) is 18.2 Å². The SMILES string of the molecule is O=S(=O)(c1ccc(Cl)cc1Cl)N1CCC(c2cc(-c3ccco3)n[nH]2)CC1. The summed E-state index contributed by atoms with van der Waals surface area (Å²) in [6.45, 7) is 0.835. The van der Waals surface area contributed by atoms with Crippen molar-refractivity contribution in [3.63, 3.8) is 0 Å². The first kappa shape index (κ1) is 18.6. The smallest absolute Gasteiger partial charge is 0.244 e. The van der Waals surface area contributed by atoms with E-state index in [9.17, 15) is 8.42 Å². The molecule has 1 aliphatic heterocycles. The van der Waals surface area contributed by atoms with Gasteiger partial charge in [-0.05, 0) is 49.2 Å². The fraction of sp³-hybridized carbons (Fsp3) is 0.278. The van der Waals surface area contributed by atoms with E-state index >= 15 is 0 Å². The molecule has 3 heterocycles. The number of halogens is 2. The van der Waals surface area contributed by atoms with Gasteiger partial charge in [0.1, 0.15) is 10.6 Å². The molecular formula is C18H17Cl2N3O3S. The van der Waals surface area contributed by atoms with Gasteiger partial charge >= 0.3 is 0 Å². The van der Waals surface area contributed by atoms with Crippen molar-refractivity contribution in [3.05, 3.63) is 58.4 Å². The van der Waals surface area contributed by atoms with E-state index < -0.39 is 10.0 Å². The minimum atomic E-state index is -3.64. The topological polar surface area (TPSA) is 79.2 Å². The summed E-state index contributed by atoms with van der Waals surface area (Å²) in [6, 6.07) is 10.1. The Morgan fingerprint density at radius 2 is 1.93 bits per heavy atom. The zero-order valence-electron chi connectivity index (χ0n) is 14.2. The van der Waals surface area contributed by atoms with Crippen LogP contribution in [0.15, 0.2) is 52.0 Å². The van der Waals surface area contributed by atoms with Crippen LogP contribution in [0.2, 0.25) is 10.0 Å². The van der Waals surface area contributed by atoms with Gasteiger partial charge in [-0.2, -0.15) is 9.40 Å². The van der Waals surface area contributed by atoms with E-state index in [1.165, 1.54) is 22.5 Å². The molecule has 0 atom stereocenters. The van der Waals surface area contributed by atoms with E-state index in [0.29, 0.717) is 36.7 Å². The Morgan fingerprint density at radius 3 is 2.59 bits per heavy atom. The Hall–Kier alpha value is -1.80. The van der Waals surface area contributed by atoms with Crippen LogP contribution in [-0.4, -0.2) is 36.0 Å². The van der Waals surface area contributed by atoms with Crippen molar-refractivity contribution in [2.75, 3.05) is 13.1 Å². The molecule has 4 rings (SSSR count). The highest BCUT2D eigenvalue weighted by Crippen LogP contribution is 2.33. The summed E-state index contributed by atoms with van der Waals surface area (Å²) in [5, 5.41) is 7.89. The fourth-order valence-electron chi connectivity index (χ4n) is 3.33. The quantitative estimate of drug-likeness (QED) is 0.664. The summed E-state index contributed by atoms with van der Waals surface area (Å²) in [5.41, 5.74) is 1.74. The Balaban J connectivity index is 1.47. The molecule has 0 radical (unpaired) electrons. The van der Waals surface area contributed by atoms with Crippen molar-refractivity contribution >= 4 is 33.2 Å². The predicted octanol–water partition coefficient (Wildman–Crippen LogP) is 4.54. The van der Waals surface area contributed by atoms with Gasteiger partial charge in [0.05, 0.1) is 11.3 Å². The summed E-state index contributed by atoms with van der Waals surface area (Å²) >= 11 is 12.0. The van der Waals surface area contributed by atoms with Crippen molar-refractivity contribution in [2.24, 2.45) is 0 Å². The largest absolute Gasteiger partial charge is 0.463 e. The van der Waals surface area contributed by atoms with Gasteiger partial charge in [0, 0.05) is 29.7 Å². The molecule has 6 nitrogen and oxygen atoms in total. The zero-order chi connectivity index (χ0) is 19.0. The standard InChI is InChI=1S/C18H17Cl2N3O3S/c19-13-3-4-18(14(20)10-13)27(24,25)23-7-5-12(6-8-23)15-11-16(22-21-15)17-2-1-9-26-17/h1-4,9-12H,5-8H2,(H,21,22). The molecule has 9 heteroatoms. The Bertz CT molecular complexity index is 1040. The van der Waals surface area contributed by atoms with E-state index in [-0.39, 0.29) is 15.8 Å². The molecule has 142 valence electrons. The maximum Gasteiger partial charge on any atom is 0.244 e. The first-order valence-corrected chi connectivity index (χ1v) is 10.7. The average molecular weight is 426 g/mol. The lowest BCUT2D eigenvalue weighted by Gasteiger charge is -2.30. The van der Waals surface area contributed by atoms with Crippen molar-refractivity contribution in [3.8, 4) is 11.5 Å². The molecule has 1 aliphatic rings. The van der Waals surface area contributed by atoms with Crippen LogP contribution in [0.25, 0.3) is 11.5 Å². The molecule has 2 aromatic heterocycles. The van der Waals surface area contributed by atoms with Gasteiger partial charge in [0.15, 0.2) is 5.76 Å². The minimum Gasteiger partial charge on any atom is -0.463 e. The highest BCUT2D eigenvalue weighted by atomic mass is 35.5. The predicted molar refractivity (Wildman–Crippen MR) is 103 cm³/mol. The second kappa shape index (κ2) is 7.31. The van der Waals surface area contributed by atoms with Crippen LogP contribution in [0.3, 0.4) is 0 Å². The molecule has 0 amide bonds. The summed E-state index contributed by atoms with van der Waals surface area (Å²) < 4.78 is 32.6. The third-order valence-electron chi connectivity index (χ3n) is 4.78. The lowest BCUT2D eigenvalue weighted by molar-refractivity contribution is 0.316. The summed E-state index contributed by atoms with van der Waals surface area (Å²) in [6.07, 6.45) is 3.00. The fourth-order valence-corrected chi connectivity index (χ4v) is 5.54. The number of benzene rings is 1. The van der Waals surface area contributed by atoms with Gasteiger partial charge in [0.2, 0.25) is 10.0 Å². The number of aromatic nitrogens is 2. The molecule has 1 N–H and O–H groups in total. The molecular weight excluding hydrogens is 409 g/mol. The van der Waals surface area contributed by atoms with Gasteiger partial charge in [-0.1, -0.05) is 23.2 Å². The number of hydrogen-bond donors (Lipinski definition) is 1. The molecule has 1 saturated heterocycles. The minimum absolute atomic E-state index is 0.0914. The zero-order valence-corrected chi connectivity index (χ0v) is 16.6. The van der Waals surface area contributed by atoms with Gasteiger partial charge in [-0.3, -0.25) is 5.10 Å². The summed E-state index contributed by atoms with van der Waals surface area (Å²) in [7, 11) is -3.64. The second-order valence-electron chi connectivity index (χ2n) is 6.44. The van der Waals surface area contributed by atoms with Gasteiger partial charge < -0.3 is 4.42 Å². The third kappa shape index (κ3) is 3.65. The highest BCUT2D eigenvalue weighted by Gasteiger charge is 2.32. The van der Waals surface area contributed by atoms with Crippen LogP contribution in [0.4, 0.5) is 0 Å². The molecule has 0 saturated carbocycles. The molecule has 0 unspecified atom stereocenters.